The molecule has 0 aliphatic heterocycles. The van der Waals surface area contributed by atoms with Gasteiger partial charge in [-0.1, -0.05) is 6.07 Å². The second-order valence-corrected chi connectivity index (χ2v) is 12.7. The molecule has 0 spiro atoms. The predicted molar refractivity (Wildman–Crippen MR) is 120 cm³/mol. The highest BCUT2D eigenvalue weighted by molar-refractivity contribution is 7.87. The van der Waals surface area contributed by atoms with Crippen LogP contribution in [0.5, 0.6) is 5.75 Å². The van der Waals surface area contributed by atoms with Crippen LogP contribution in [0.4, 0.5) is 13.2 Å². The maximum Gasteiger partial charge on any atom is 0.416 e. The van der Waals surface area contributed by atoms with Crippen molar-refractivity contribution in [2.45, 2.75) is 69.3 Å². The summed E-state index contributed by atoms with van der Waals surface area (Å²) in [4.78, 5) is 13.2. The standard InChI is InChI=1S/C23H32F3N3O4S/c1-21(2,33-18-7-5-6-17(10-18)23(24,25)26)20(30)27-19-15-8-14-9-16(19)13-22(11-14,12-15)28-34(31,32)29(3)4/h5-7,10,14-16,19,28H,8-9,11-13H2,1-4H3,(H,27,30)/t14?,15-,16+,19+,22+. The number of amides is 1. The monoisotopic (exact) mass is 503 g/mol. The Bertz CT molecular complexity index is 1040. The van der Waals surface area contributed by atoms with Crippen LogP contribution in [0.3, 0.4) is 0 Å². The average molecular weight is 504 g/mol. The van der Waals surface area contributed by atoms with E-state index in [1.54, 1.807) is 0 Å². The summed E-state index contributed by atoms with van der Waals surface area (Å²) in [5.74, 6) is 0.237. The van der Waals surface area contributed by atoms with Gasteiger partial charge in [-0.25, -0.2) is 0 Å². The van der Waals surface area contributed by atoms with Crippen molar-refractivity contribution in [2.24, 2.45) is 17.8 Å². The molecule has 7 nitrogen and oxygen atoms in total. The maximum absolute atomic E-state index is 13.2. The number of carbonyl (C=O) groups excluding carboxylic acids is 1. The van der Waals surface area contributed by atoms with Crippen LogP contribution in [0.15, 0.2) is 24.3 Å². The summed E-state index contributed by atoms with van der Waals surface area (Å²) in [6.45, 7) is 3.07. The first-order valence-corrected chi connectivity index (χ1v) is 12.9. The Labute approximate surface area is 198 Å². The minimum absolute atomic E-state index is 0.0305. The van der Waals surface area contributed by atoms with Crippen molar-refractivity contribution >= 4 is 16.1 Å². The minimum atomic E-state index is -4.50. The quantitative estimate of drug-likeness (QED) is 0.598. The molecule has 190 valence electrons. The summed E-state index contributed by atoms with van der Waals surface area (Å²) in [6.07, 6.45) is -0.572. The van der Waals surface area contributed by atoms with Crippen LogP contribution in [-0.2, 0) is 21.2 Å². The van der Waals surface area contributed by atoms with E-state index in [0.717, 1.165) is 31.4 Å². The number of nitrogens with zero attached hydrogens (tertiary/aromatic N) is 1. The van der Waals surface area contributed by atoms with Gasteiger partial charge in [0.1, 0.15) is 5.75 Å². The van der Waals surface area contributed by atoms with E-state index in [2.05, 4.69) is 10.0 Å². The molecule has 4 saturated carbocycles. The van der Waals surface area contributed by atoms with Gasteiger partial charge >= 0.3 is 6.18 Å². The van der Waals surface area contributed by atoms with Crippen molar-refractivity contribution in [1.82, 2.24) is 14.3 Å². The normalized spacial score (nSPS) is 31.1. The maximum atomic E-state index is 13.2. The summed E-state index contributed by atoms with van der Waals surface area (Å²) in [5, 5.41) is 3.10. The SMILES string of the molecule is CN(C)S(=O)(=O)N[C@@]12CC3C[C@H](C1)[C@H](NC(=O)C(C)(C)Oc1cccc(C(F)(F)F)c1)[C@@H](C3)C2. The summed E-state index contributed by atoms with van der Waals surface area (Å²) in [7, 11) is -0.581. The van der Waals surface area contributed by atoms with E-state index in [0.29, 0.717) is 18.8 Å². The number of hydrogen-bond donors (Lipinski definition) is 2. The molecule has 11 heteroatoms. The topological polar surface area (TPSA) is 87.7 Å². The van der Waals surface area contributed by atoms with Crippen molar-refractivity contribution in [3.63, 3.8) is 0 Å². The van der Waals surface area contributed by atoms with Gasteiger partial charge in [-0.15, -0.1) is 0 Å². The fourth-order valence-electron chi connectivity index (χ4n) is 6.15. The van der Waals surface area contributed by atoms with Crippen LogP contribution >= 0.6 is 0 Å². The number of benzene rings is 1. The van der Waals surface area contributed by atoms with Crippen molar-refractivity contribution in [2.75, 3.05) is 14.1 Å². The minimum Gasteiger partial charge on any atom is -0.478 e. The second-order valence-electron chi connectivity index (χ2n) is 10.8. The average Bonchev–Trinajstić information content (AvgIpc) is 2.68. The van der Waals surface area contributed by atoms with Gasteiger partial charge in [0.2, 0.25) is 0 Å². The molecule has 4 fully saturated rings. The van der Waals surface area contributed by atoms with E-state index in [-0.39, 0.29) is 23.6 Å². The smallest absolute Gasteiger partial charge is 0.416 e. The van der Waals surface area contributed by atoms with Gasteiger partial charge in [0.25, 0.3) is 16.1 Å². The van der Waals surface area contributed by atoms with Crippen LogP contribution in [0.25, 0.3) is 0 Å². The number of ether oxygens (including phenoxy) is 1. The number of hydrogen-bond acceptors (Lipinski definition) is 4. The third kappa shape index (κ3) is 4.92. The van der Waals surface area contributed by atoms with Crippen LogP contribution in [-0.4, -0.2) is 49.9 Å². The molecule has 2 N–H and O–H groups in total. The third-order valence-corrected chi connectivity index (χ3v) is 9.13. The van der Waals surface area contributed by atoms with Gasteiger partial charge in [0.15, 0.2) is 5.60 Å². The molecule has 34 heavy (non-hydrogen) atoms. The molecule has 0 heterocycles. The molecule has 5 atom stereocenters. The number of rotatable bonds is 7. The molecule has 4 aliphatic carbocycles. The Balaban J connectivity index is 1.45. The van der Waals surface area contributed by atoms with E-state index in [1.807, 2.05) is 0 Å². The molecule has 5 rings (SSSR count). The van der Waals surface area contributed by atoms with Crippen LogP contribution in [0.2, 0.25) is 0 Å². The number of carbonyl (C=O) groups is 1. The molecule has 1 amide bonds. The lowest BCUT2D eigenvalue weighted by molar-refractivity contribution is -0.139. The van der Waals surface area contributed by atoms with Gasteiger partial charge in [-0.2, -0.15) is 30.6 Å². The molecule has 4 bridgehead atoms. The van der Waals surface area contributed by atoms with Gasteiger partial charge in [-0.3, -0.25) is 4.79 Å². The van der Waals surface area contributed by atoms with E-state index in [1.165, 1.54) is 44.4 Å². The summed E-state index contributed by atoms with van der Waals surface area (Å²) < 4.78 is 73.9. The third-order valence-electron chi connectivity index (χ3n) is 7.48. The van der Waals surface area contributed by atoms with Crippen LogP contribution < -0.4 is 14.8 Å². The molecule has 0 radical (unpaired) electrons. The van der Waals surface area contributed by atoms with Gasteiger partial charge in [0.05, 0.1) is 5.56 Å². The van der Waals surface area contributed by atoms with Crippen LogP contribution in [0, 0.1) is 17.8 Å². The van der Waals surface area contributed by atoms with Gasteiger partial charge in [0, 0.05) is 25.7 Å². The first-order chi connectivity index (χ1) is 15.6. The Kier molecular flexibility index (Phi) is 6.22. The summed E-state index contributed by atoms with van der Waals surface area (Å²) in [6, 6.07) is 4.37. The lowest BCUT2D eigenvalue weighted by Crippen LogP contribution is -2.68. The van der Waals surface area contributed by atoms with Gasteiger partial charge in [-0.05, 0) is 81.9 Å². The highest BCUT2D eigenvalue weighted by Gasteiger charge is 2.57. The van der Waals surface area contributed by atoms with Crippen molar-refractivity contribution in [3.05, 3.63) is 29.8 Å². The van der Waals surface area contributed by atoms with Crippen LogP contribution in [0.1, 0.15) is 51.5 Å². The van der Waals surface area contributed by atoms with E-state index in [4.69, 9.17) is 4.74 Å². The first-order valence-electron chi connectivity index (χ1n) is 11.5. The van der Waals surface area contributed by atoms with Gasteiger partial charge < -0.3 is 10.1 Å². The molecule has 1 aromatic rings. The van der Waals surface area contributed by atoms with Crippen molar-refractivity contribution in [1.29, 1.82) is 0 Å². The Morgan fingerprint density at radius 2 is 1.74 bits per heavy atom. The van der Waals surface area contributed by atoms with Crippen molar-refractivity contribution in [3.8, 4) is 5.75 Å². The predicted octanol–water partition coefficient (Wildman–Crippen LogP) is 3.32. The fourth-order valence-corrected chi connectivity index (χ4v) is 7.13. The molecular formula is C23H32F3N3O4S. The molecule has 1 unspecified atom stereocenters. The Morgan fingerprint density at radius 3 is 2.29 bits per heavy atom. The van der Waals surface area contributed by atoms with E-state index >= 15 is 0 Å². The number of alkyl halides is 3. The fraction of sp³-hybridized carbons (Fsp3) is 0.696. The molecular weight excluding hydrogens is 471 g/mol. The number of halogens is 3. The molecule has 1 aromatic carbocycles. The largest absolute Gasteiger partial charge is 0.478 e. The lowest BCUT2D eigenvalue weighted by atomic mass is 9.51. The first kappa shape index (κ1) is 25.2. The lowest BCUT2D eigenvalue weighted by Gasteiger charge is -2.60. The highest BCUT2D eigenvalue weighted by Crippen LogP contribution is 2.56. The highest BCUT2D eigenvalue weighted by atomic mass is 32.2. The van der Waals surface area contributed by atoms with Crippen molar-refractivity contribution < 1.29 is 31.1 Å². The second kappa shape index (κ2) is 8.37. The number of nitrogens with one attached hydrogen (secondary N) is 2. The van der Waals surface area contributed by atoms with E-state index in [9.17, 15) is 26.4 Å². The zero-order valence-corrected chi connectivity index (χ0v) is 20.6. The Hall–Kier alpha value is -1.85. The Morgan fingerprint density at radius 1 is 1.12 bits per heavy atom. The molecule has 4 aliphatic rings. The molecule has 0 saturated heterocycles. The molecule has 0 aromatic heterocycles. The zero-order chi connectivity index (χ0) is 25.1. The summed E-state index contributed by atoms with van der Waals surface area (Å²) >= 11 is 0. The van der Waals surface area contributed by atoms with E-state index < -0.39 is 39.0 Å². The zero-order valence-electron chi connectivity index (χ0n) is 19.8. The summed E-state index contributed by atoms with van der Waals surface area (Å²) in [5.41, 5.74) is -2.72.